The summed E-state index contributed by atoms with van der Waals surface area (Å²) in [4.78, 5) is 17.0. The normalized spacial score (nSPS) is 16.9. The third-order valence-corrected chi connectivity index (χ3v) is 5.12. The number of nitrogens with zero attached hydrogens (tertiary/aromatic N) is 2. The summed E-state index contributed by atoms with van der Waals surface area (Å²) in [7, 11) is 2.20. The number of amides is 1. The molecule has 0 saturated carbocycles. The van der Waals surface area contributed by atoms with Crippen molar-refractivity contribution in [3.63, 3.8) is 0 Å². The molecule has 1 amide bonds. The molecular weight excluding hydrogens is 336 g/mol. The molecule has 1 unspecified atom stereocenters. The quantitative estimate of drug-likeness (QED) is 0.695. The van der Waals surface area contributed by atoms with Crippen LogP contribution in [0.15, 0.2) is 24.3 Å². The number of benzene rings is 1. The van der Waals surface area contributed by atoms with E-state index in [1.807, 2.05) is 11.8 Å². The molecular formula is C20H31ClN2O2. The van der Waals surface area contributed by atoms with E-state index in [-0.39, 0.29) is 5.91 Å². The van der Waals surface area contributed by atoms with E-state index in [0.29, 0.717) is 16.7 Å². The maximum atomic E-state index is 12.6. The van der Waals surface area contributed by atoms with Gasteiger partial charge in [-0.25, -0.2) is 0 Å². The molecule has 1 saturated heterocycles. The van der Waals surface area contributed by atoms with E-state index >= 15 is 0 Å². The van der Waals surface area contributed by atoms with E-state index in [4.69, 9.17) is 16.3 Å². The molecule has 0 N–H and O–H groups in total. The zero-order chi connectivity index (χ0) is 18.2. The van der Waals surface area contributed by atoms with Crippen molar-refractivity contribution in [1.82, 2.24) is 9.80 Å². The topological polar surface area (TPSA) is 32.8 Å². The molecule has 1 aliphatic rings. The molecule has 1 aliphatic heterocycles. The predicted molar refractivity (Wildman–Crippen MR) is 103 cm³/mol. The van der Waals surface area contributed by atoms with Crippen LogP contribution in [-0.2, 0) is 4.79 Å². The minimum Gasteiger partial charge on any atom is -0.481 e. The summed E-state index contributed by atoms with van der Waals surface area (Å²) in [6.45, 7) is 8.02. The van der Waals surface area contributed by atoms with Gasteiger partial charge in [0.1, 0.15) is 5.75 Å². The second kappa shape index (κ2) is 10.0. The summed E-state index contributed by atoms with van der Waals surface area (Å²) in [5, 5.41) is 0.664. The number of hydrogen-bond donors (Lipinski definition) is 0. The van der Waals surface area contributed by atoms with Gasteiger partial charge in [0.2, 0.25) is 0 Å². The summed E-state index contributed by atoms with van der Waals surface area (Å²) in [5.74, 6) is 1.45. The first-order valence-corrected chi connectivity index (χ1v) is 9.77. The van der Waals surface area contributed by atoms with Crippen molar-refractivity contribution in [1.29, 1.82) is 0 Å². The van der Waals surface area contributed by atoms with Gasteiger partial charge >= 0.3 is 0 Å². The largest absolute Gasteiger partial charge is 0.481 e. The Morgan fingerprint density at radius 3 is 2.56 bits per heavy atom. The zero-order valence-electron chi connectivity index (χ0n) is 15.7. The molecule has 140 valence electrons. The van der Waals surface area contributed by atoms with Gasteiger partial charge in [0, 0.05) is 24.7 Å². The number of hydrogen-bond acceptors (Lipinski definition) is 3. The monoisotopic (exact) mass is 366 g/mol. The number of carbonyl (C=O) groups excluding carboxylic acids is 1. The predicted octanol–water partition coefficient (Wildman–Crippen LogP) is 4.08. The number of unbranched alkanes of at least 4 members (excludes halogenated alkanes) is 1. The molecule has 25 heavy (non-hydrogen) atoms. The van der Waals surface area contributed by atoms with Crippen LogP contribution in [-0.4, -0.2) is 55.0 Å². The van der Waals surface area contributed by atoms with Gasteiger partial charge in [0.15, 0.2) is 6.10 Å². The van der Waals surface area contributed by atoms with Gasteiger partial charge in [-0.15, -0.1) is 0 Å². The number of carbonyl (C=O) groups is 1. The molecule has 0 radical (unpaired) electrons. The molecule has 1 aromatic rings. The van der Waals surface area contributed by atoms with E-state index in [0.717, 1.165) is 32.5 Å². The average Bonchev–Trinajstić information content (AvgIpc) is 2.62. The standard InChI is InChI=1S/C20H31ClN2O2/c1-4-5-12-22(3)15-17-10-13-23(14-11-17)20(24)16(2)25-19-8-6-18(21)7-9-19/h6-9,16-17H,4-5,10-15H2,1-3H3. The fourth-order valence-corrected chi connectivity index (χ4v) is 3.45. The fraction of sp³-hybridized carbons (Fsp3) is 0.650. The van der Waals surface area contributed by atoms with E-state index in [1.54, 1.807) is 24.3 Å². The maximum absolute atomic E-state index is 12.6. The van der Waals surface area contributed by atoms with Gasteiger partial charge in [-0.1, -0.05) is 24.9 Å². The van der Waals surface area contributed by atoms with Crippen molar-refractivity contribution in [2.24, 2.45) is 5.92 Å². The van der Waals surface area contributed by atoms with Crippen molar-refractivity contribution in [3.05, 3.63) is 29.3 Å². The summed E-state index contributed by atoms with van der Waals surface area (Å²) in [6.07, 6.45) is 4.19. The van der Waals surface area contributed by atoms with Crippen molar-refractivity contribution in [3.8, 4) is 5.75 Å². The second-order valence-corrected chi connectivity index (χ2v) is 7.53. The minimum atomic E-state index is -0.468. The number of piperidine rings is 1. The number of ether oxygens (including phenoxy) is 1. The fourth-order valence-electron chi connectivity index (χ4n) is 3.32. The van der Waals surface area contributed by atoms with Crippen LogP contribution < -0.4 is 4.74 Å². The van der Waals surface area contributed by atoms with Crippen LogP contribution in [0.4, 0.5) is 0 Å². The van der Waals surface area contributed by atoms with E-state index < -0.39 is 6.10 Å². The highest BCUT2D eigenvalue weighted by Gasteiger charge is 2.27. The number of halogens is 1. The summed E-state index contributed by atoms with van der Waals surface area (Å²) in [5.41, 5.74) is 0. The van der Waals surface area contributed by atoms with Crippen molar-refractivity contribution in [2.45, 2.75) is 45.6 Å². The Hall–Kier alpha value is -1.26. The average molecular weight is 367 g/mol. The molecule has 0 spiro atoms. The lowest BCUT2D eigenvalue weighted by atomic mass is 9.96. The Morgan fingerprint density at radius 1 is 1.32 bits per heavy atom. The molecule has 5 heteroatoms. The third-order valence-electron chi connectivity index (χ3n) is 4.86. The van der Waals surface area contributed by atoms with Gasteiger partial charge in [-0.3, -0.25) is 4.79 Å². The molecule has 1 atom stereocenters. The Labute approximate surface area is 157 Å². The lowest BCUT2D eigenvalue weighted by molar-refractivity contribution is -0.139. The minimum absolute atomic E-state index is 0.0766. The SMILES string of the molecule is CCCCN(C)CC1CCN(C(=O)C(C)Oc2ccc(Cl)cc2)CC1. The first-order chi connectivity index (χ1) is 12.0. The molecule has 1 aromatic carbocycles. The van der Waals surface area contributed by atoms with Gasteiger partial charge in [0.25, 0.3) is 5.91 Å². The molecule has 1 fully saturated rings. The first-order valence-electron chi connectivity index (χ1n) is 9.39. The van der Waals surface area contributed by atoms with Crippen LogP contribution in [0.3, 0.4) is 0 Å². The Kier molecular flexibility index (Phi) is 8.04. The lowest BCUT2D eigenvalue weighted by Crippen LogP contribution is -2.46. The van der Waals surface area contributed by atoms with Crippen LogP contribution in [0.5, 0.6) is 5.75 Å². The Balaban J connectivity index is 1.75. The van der Waals surface area contributed by atoms with Crippen molar-refractivity contribution < 1.29 is 9.53 Å². The van der Waals surface area contributed by atoms with Crippen molar-refractivity contribution >= 4 is 17.5 Å². The molecule has 0 aromatic heterocycles. The molecule has 0 aliphatic carbocycles. The van der Waals surface area contributed by atoms with Crippen LogP contribution in [0.2, 0.25) is 5.02 Å². The van der Waals surface area contributed by atoms with E-state index in [2.05, 4.69) is 18.9 Å². The summed E-state index contributed by atoms with van der Waals surface area (Å²) in [6, 6.07) is 7.14. The molecule has 2 rings (SSSR count). The van der Waals surface area contributed by atoms with Gasteiger partial charge in [-0.2, -0.15) is 0 Å². The highest BCUT2D eigenvalue weighted by atomic mass is 35.5. The first kappa shape index (κ1) is 20.1. The highest BCUT2D eigenvalue weighted by Crippen LogP contribution is 2.21. The Bertz CT molecular complexity index is 527. The van der Waals surface area contributed by atoms with E-state index in [9.17, 15) is 4.79 Å². The van der Waals surface area contributed by atoms with Crippen molar-refractivity contribution in [2.75, 3.05) is 33.2 Å². The zero-order valence-corrected chi connectivity index (χ0v) is 16.5. The molecule has 4 nitrogen and oxygen atoms in total. The van der Waals surface area contributed by atoms with Crippen LogP contribution in [0.25, 0.3) is 0 Å². The number of rotatable bonds is 8. The van der Waals surface area contributed by atoms with Gasteiger partial charge in [-0.05, 0) is 70.0 Å². The Morgan fingerprint density at radius 2 is 1.96 bits per heavy atom. The smallest absolute Gasteiger partial charge is 0.263 e. The highest BCUT2D eigenvalue weighted by molar-refractivity contribution is 6.30. The van der Waals surface area contributed by atoms with Crippen LogP contribution >= 0.6 is 11.6 Å². The van der Waals surface area contributed by atoms with Crippen LogP contribution in [0.1, 0.15) is 39.5 Å². The summed E-state index contributed by atoms with van der Waals surface area (Å²) >= 11 is 5.88. The molecule has 1 heterocycles. The van der Waals surface area contributed by atoms with Gasteiger partial charge < -0.3 is 14.5 Å². The van der Waals surface area contributed by atoms with Crippen LogP contribution in [0, 0.1) is 5.92 Å². The van der Waals surface area contributed by atoms with E-state index in [1.165, 1.54) is 19.4 Å². The molecule has 0 bridgehead atoms. The summed E-state index contributed by atoms with van der Waals surface area (Å²) < 4.78 is 5.76. The third kappa shape index (κ3) is 6.52. The van der Waals surface area contributed by atoms with Gasteiger partial charge in [0.05, 0.1) is 0 Å². The second-order valence-electron chi connectivity index (χ2n) is 7.10. The number of likely N-dealkylation sites (tertiary alicyclic amines) is 1. The maximum Gasteiger partial charge on any atom is 0.263 e. The lowest BCUT2D eigenvalue weighted by Gasteiger charge is -2.35.